The van der Waals surface area contributed by atoms with Crippen molar-refractivity contribution in [1.82, 2.24) is 4.98 Å². The molecule has 3 aromatic rings. The highest BCUT2D eigenvalue weighted by molar-refractivity contribution is 6.34. The average Bonchev–Trinajstić information content (AvgIpc) is 2.94. The van der Waals surface area contributed by atoms with Gasteiger partial charge in [-0.3, -0.25) is 19.4 Å². The van der Waals surface area contributed by atoms with Crippen LogP contribution in [0.2, 0.25) is 0 Å². The number of rotatable bonds is 3. The van der Waals surface area contributed by atoms with Crippen LogP contribution in [0, 0.1) is 0 Å². The lowest BCUT2D eigenvalue weighted by Gasteiger charge is -2.15. The van der Waals surface area contributed by atoms with Gasteiger partial charge in [-0.15, -0.1) is 0 Å². The van der Waals surface area contributed by atoms with Crippen LogP contribution in [-0.2, 0) is 0 Å². The van der Waals surface area contributed by atoms with Gasteiger partial charge in [-0.25, -0.2) is 4.90 Å². The molecule has 0 bridgehead atoms. The SMILES string of the molecule is O=C(Nc1cccc(N2C(=O)c3ccccc3C2=O)c1)c1cccnc1. The lowest BCUT2D eigenvalue weighted by Crippen LogP contribution is -2.29. The lowest BCUT2D eigenvalue weighted by atomic mass is 10.1. The van der Waals surface area contributed by atoms with Crippen LogP contribution in [0.25, 0.3) is 0 Å². The quantitative estimate of drug-likeness (QED) is 0.741. The predicted molar refractivity (Wildman–Crippen MR) is 96.2 cm³/mol. The van der Waals surface area contributed by atoms with Crippen molar-refractivity contribution < 1.29 is 14.4 Å². The first-order chi connectivity index (χ1) is 12.6. The number of hydrogen-bond acceptors (Lipinski definition) is 4. The van der Waals surface area contributed by atoms with Gasteiger partial charge in [0.15, 0.2) is 0 Å². The topological polar surface area (TPSA) is 79.4 Å². The van der Waals surface area contributed by atoms with Crippen LogP contribution in [0.15, 0.2) is 73.1 Å². The molecule has 0 unspecified atom stereocenters. The number of pyridine rings is 1. The van der Waals surface area contributed by atoms with Gasteiger partial charge in [0.05, 0.1) is 22.4 Å². The summed E-state index contributed by atoms with van der Waals surface area (Å²) in [5, 5.41) is 2.74. The van der Waals surface area contributed by atoms with Crippen molar-refractivity contribution in [1.29, 1.82) is 0 Å². The van der Waals surface area contributed by atoms with E-state index in [2.05, 4.69) is 10.3 Å². The molecule has 0 aliphatic carbocycles. The minimum Gasteiger partial charge on any atom is -0.322 e. The molecule has 3 amide bonds. The fourth-order valence-corrected chi connectivity index (χ4v) is 2.85. The van der Waals surface area contributed by atoms with Gasteiger partial charge in [0.1, 0.15) is 0 Å². The monoisotopic (exact) mass is 343 g/mol. The van der Waals surface area contributed by atoms with Gasteiger partial charge < -0.3 is 5.32 Å². The molecule has 0 fully saturated rings. The van der Waals surface area contributed by atoms with Crippen LogP contribution in [0.5, 0.6) is 0 Å². The third-order valence-electron chi connectivity index (χ3n) is 4.08. The maximum atomic E-state index is 12.6. The van der Waals surface area contributed by atoms with E-state index in [1.807, 2.05) is 0 Å². The molecule has 6 heteroatoms. The molecule has 126 valence electrons. The van der Waals surface area contributed by atoms with Gasteiger partial charge in [-0.1, -0.05) is 18.2 Å². The summed E-state index contributed by atoms with van der Waals surface area (Å²) in [5.74, 6) is -1.07. The Bertz CT molecular complexity index is 996. The molecule has 0 saturated heterocycles. The molecule has 1 aromatic heterocycles. The van der Waals surface area contributed by atoms with E-state index in [-0.39, 0.29) is 17.7 Å². The van der Waals surface area contributed by atoms with Crippen molar-refractivity contribution in [3.8, 4) is 0 Å². The fourth-order valence-electron chi connectivity index (χ4n) is 2.85. The van der Waals surface area contributed by atoms with Crippen molar-refractivity contribution in [2.45, 2.75) is 0 Å². The average molecular weight is 343 g/mol. The van der Waals surface area contributed by atoms with E-state index in [1.165, 1.54) is 6.20 Å². The molecular formula is C20H13N3O3. The molecule has 0 saturated carbocycles. The Morgan fingerprint density at radius 3 is 2.27 bits per heavy atom. The summed E-state index contributed by atoms with van der Waals surface area (Å²) in [6.07, 6.45) is 3.04. The van der Waals surface area contributed by atoms with Crippen LogP contribution in [0.3, 0.4) is 0 Å². The van der Waals surface area contributed by atoms with Gasteiger partial charge in [0.2, 0.25) is 0 Å². The van der Waals surface area contributed by atoms with Crippen LogP contribution >= 0.6 is 0 Å². The van der Waals surface area contributed by atoms with Crippen molar-refractivity contribution in [2.75, 3.05) is 10.2 Å². The lowest BCUT2D eigenvalue weighted by molar-refractivity contribution is 0.0925. The van der Waals surface area contributed by atoms with E-state index in [9.17, 15) is 14.4 Å². The van der Waals surface area contributed by atoms with Gasteiger partial charge in [-0.05, 0) is 42.5 Å². The first-order valence-corrected chi connectivity index (χ1v) is 7.94. The molecule has 2 heterocycles. The number of anilines is 2. The zero-order chi connectivity index (χ0) is 18.1. The molecule has 0 atom stereocenters. The first kappa shape index (κ1) is 15.7. The Kier molecular flexibility index (Phi) is 3.78. The van der Waals surface area contributed by atoms with Crippen molar-refractivity contribution >= 4 is 29.1 Å². The Balaban J connectivity index is 1.62. The summed E-state index contributed by atoms with van der Waals surface area (Å²) < 4.78 is 0. The van der Waals surface area contributed by atoms with Gasteiger partial charge >= 0.3 is 0 Å². The van der Waals surface area contributed by atoms with E-state index in [0.29, 0.717) is 28.1 Å². The fraction of sp³-hybridized carbons (Fsp3) is 0. The van der Waals surface area contributed by atoms with E-state index in [0.717, 1.165) is 4.90 Å². The van der Waals surface area contributed by atoms with E-state index >= 15 is 0 Å². The second kappa shape index (κ2) is 6.25. The number of amides is 3. The number of nitrogens with one attached hydrogen (secondary N) is 1. The largest absolute Gasteiger partial charge is 0.322 e. The molecule has 0 spiro atoms. The highest BCUT2D eigenvalue weighted by Gasteiger charge is 2.36. The summed E-state index contributed by atoms with van der Waals surface area (Å²) in [6.45, 7) is 0. The molecule has 0 radical (unpaired) electrons. The second-order valence-corrected chi connectivity index (χ2v) is 5.74. The van der Waals surface area contributed by atoms with E-state index < -0.39 is 0 Å². The minimum atomic E-state index is -0.374. The van der Waals surface area contributed by atoms with Gasteiger partial charge in [0.25, 0.3) is 17.7 Å². The first-order valence-electron chi connectivity index (χ1n) is 7.94. The Hall–Kier alpha value is -3.80. The molecule has 2 aromatic carbocycles. The zero-order valence-electron chi connectivity index (χ0n) is 13.5. The number of fused-ring (bicyclic) bond motifs is 1. The predicted octanol–water partition coefficient (Wildman–Crippen LogP) is 3.13. The van der Waals surface area contributed by atoms with Gasteiger partial charge in [-0.2, -0.15) is 0 Å². The number of aromatic nitrogens is 1. The molecular weight excluding hydrogens is 330 g/mol. The van der Waals surface area contributed by atoms with Crippen molar-refractivity contribution in [3.05, 3.63) is 89.7 Å². The smallest absolute Gasteiger partial charge is 0.266 e. The summed E-state index contributed by atoms with van der Waals surface area (Å²) in [6, 6.07) is 16.6. The highest BCUT2D eigenvalue weighted by atomic mass is 16.2. The molecule has 6 nitrogen and oxygen atoms in total. The van der Waals surface area contributed by atoms with Crippen LogP contribution < -0.4 is 10.2 Å². The number of carbonyl (C=O) groups is 3. The summed E-state index contributed by atoms with van der Waals surface area (Å²) in [4.78, 5) is 42.4. The van der Waals surface area contributed by atoms with Crippen molar-refractivity contribution in [3.63, 3.8) is 0 Å². The number of benzene rings is 2. The Morgan fingerprint density at radius 2 is 1.62 bits per heavy atom. The standard InChI is InChI=1S/C20H13N3O3/c24-18(13-5-4-10-21-12-13)22-14-6-3-7-15(11-14)23-19(25)16-8-1-2-9-17(16)20(23)26/h1-12H,(H,22,24). The minimum absolute atomic E-state index is 0.322. The number of carbonyl (C=O) groups excluding carboxylic acids is 3. The third-order valence-corrected chi connectivity index (χ3v) is 4.08. The van der Waals surface area contributed by atoms with Crippen LogP contribution in [0.1, 0.15) is 31.1 Å². The summed E-state index contributed by atoms with van der Waals surface area (Å²) in [5.41, 5.74) is 2.05. The Labute approximate surface area is 149 Å². The van der Waals surface area contributed by atoms with Gasteiger partial charge in [0, 0.05) is 18.1 Å². The maximum absolute atomic E-state index is 12.6. The number of imide groups is 1. The zero-order valence-corrected chi connectivity index (χ0v) is 13.5. The second-order valence-electron chi connectivity index (χ2n) is 5.74. The third kappa shape index (κ3) is 2.63. The number of hydrogen-bond donors (Lipinski definition) is 1. The summed E-state index contributed by atoms with van der Waals surface area (Å²) >= 11 is 0. The highest BCUT2D eigenvalue weighted by Crippen LogP contribution is 2.29. The van der Waals surface area contributed by atoms with Crippen LogP contribution in [-0.4, -0.2) is 22.7 Å². The van der Waals surface area contributed by atoms with E-state index in [1.54, 1.807) is 66.9 Å². The Morgan fingerprint density at radius 1 is 0.885 bits per heavy atom. The molecule has 1 aliphatic rings. The van der Waals surface area contributed by atoms with Crippen molar-refractivity contribution in [2.24, 2.45) is 0 Å². The molecule has 4 rings (SSSR count). The number of nitrogens with zero attached hydrogens (tertiary/aromatic N) is 2. The summed E-state index contributed by atoms with van der Waals surface area (Å²) in [7, 11) is 0. The van der Waals surface area contributed by atoms with E-state index in [4.69, 9.17) is 0 Å². The maximum Gasteiger partial charge on any atom is 0.266 e. The normalized spacial score (nSPS) is 12.8. The molecule has 1 aliphatic heterocycles. The molecule has 26 heavy (non-hydrogen) atoms. The van der Waals surface area contributed by atoms with Crippen LogP contribution in [0.4, 0.5) is 11.4 Å². The molecule has 1 N–H and O–H groups in total.